The average Bonchev–Trinajstić information content (AvgIpc) is 2.28. The van der Waals surface area contributed by atoms with Crippen molar-refractivity contribution in [2.75, 3.05) is 0 Å². The highest BCUT2D eigenvalue weighted by Gasteiger charge is 2.32. The summed E-state index contributed by atoms with van der Waals surface area (Å²) in [6, 6.07) is -0.802. The van der Waals surface area contributed by atoms with Gasteiger partial charge in [0.1, 0.15) is 0 Å². The second-order valence-electron chi connectivity index (χ2n) is 5.58. The molecule has 0 radical (unpaired) electrons. The zero-order valence-corrected chi connectivity index (χ0v) is 11.2. The molecule has 0 bridgehead atoms. The van der Waals surface area contributed by atoms with E-state index in [4.69, 9.17) is 10.8 Å². The van der Waals surface area contributed by atoms with E-state index in [0.29, 0.717) is 18.8 Å². The molecule has 5 nitrogen and oxygen atoms in total. The third kappa shape index (κ3) is 4.29. The summed E-state index contributed by atoms with van der Waals surface area (Å²) in [6.45, 7) is 4.02. The van der Waals surface area contributed by atoms with Crippen molar-refractivity contribution in [1.82, 2.24) is 5.32 Å². The van der Waals surface area contributed by atoms with E-state index >= 15 is 0 Å². The van der Waals surface area contributed by atoms with Crippen molar-refractivity contribution in [3.8, 4) is 0 Å². The lowest BCUT2D eigenvalue weighted by molar-refractivity contribution is -0.144. The summed E-state index contributed by atoms with van der Waals surface area (Å²) in [5.41, 5.74) is 5.80. The van der Waals surface area contributed by atoms with Gasteiger partial charge in [0.25, 0.3) is 0 Å². The second-order valence-corrected chi connectivity index (χ2v) is 5.58. The van der Waals surface area contributed by atoms with Crippen LogP contribution in [-0.4, -0.2) is 29.1 Å². The number of carboxylic acids is 1. The molecule has 104 valence electrons. The minimum Gasteiger partial charge on any atom is -0.481 e. The highest BCUT2D eigenvalue weighted by Crippen LogP contribution is 2.24. The predicted octanol–water partition coefficient (Wildman–Crippen LogP) is 1.12. The van der Waals surface area contributed by atoms with Crippen molar-refractivity contribution < 1.29 is 14.7 Å². The van der Waals surface area contributed by atoms with Crippen LogP contribution in [0.25, 0.3) is 0 Å². The zero-order chi connectivity index (χ0) is 13.7. The number of amides is 1. The van der Waals surface area contributed by atoms with E-state index in [1.807, 2.05) is 13.8 Å². The fourth-order valence-corrected chi connectivity index (χ4v) is 2.50. The summed E-state index contributed by atoms with van der Waals surface area (Å²) >= 11 is 0. The highest BCUT2D eigenvalue weighted by atomic mass is 16.4. The van der Waals surface area contributed by atoms with E-state index in [-0.39, 0.29) is 11.9 Å². The van der Waals surface area contributed by atoms with Gasteiger partial charge in [-0.05, 0) is 25.2 Å². The third-order valence-electron chi connectivity index (χ3n) is 3.47. The van der Waals surface area contributed by atoms with E-state index < -0.39 is 17.9 Å². The summed E-state index contributed by atoms with van der Waals surface area (Å²) in [4.78, 5) is 23.0. The van der Waals surface area contributed by atoms with Crippen molar-refractivity contribution in [1.29, 1.82) is 0 Å². The first-order valence-corrected chi connectivity index (χ1v) is 6.70. The van der Waals surface area contributed by atoms with Crippen molar-refractivity contribution in [3.05, 3.63) is 0 Å². The van der Waals surface area contributed by atoms with Gasteiger partial charge in [-0.3, -0.25) is 9.59 Å². The van der Waals surface area contributed by atoms with Crippen LogP contribution in [0.3, 0.4) is 0 Å². The SMILES string of the molecule is CC(C)C[C@@H](N)C(=O)NC1CCCCC1C(=O)O. The fraction of sp³-hybridized carbons (Fsp3) is 0.846. The molecule has 18 heavy (non-hydrogen) atoms. The molecule has 2 unspecified atom stereocenters. The highest BCUT2D eigenvalue weighted by molar-refractivity contribution is 5.82. The molecule has 1 aliphatic carbocycles. The Morgan fingerprint density at radius 2 is 1.94 bits per heavy atom. The van der Waals surface area contributed by atoms with Gasteiger partial charge in [-0.2, -0.15) is 0 Å². The van der Waals surface area contributed by atoms with Gasteiger partial charge >= 0.3 is 5.97 Å². The molecule has 0 aromatic heterocycles. The number of carbonyl (C=O) groups is 2. The normalized spacial score (nSPS) is 25.8. The number of carboxylic acid groups (broad SMARTS) is 1. The van der Waals surface area contributed by atoms with Crippen molar-refractivity contribution in [2.45, 2.75) is 58.0 Å². The molecule has 1 amide bonds. The molecule has 0 aliphatic heterocycles. The molecule has 1 fully saturated rings. The average molecular weight is 256 g/mol. The van der Waals surface area contributed by atoms with E-state index in [9.17, 15) is 9.59 Å². The number of nitrogens with one attached hydrogen (secondary N) is 1. The molecular weight excluding hydrogens is 232 g/mol. The Kier molecular flexibility index (Phi) is 5.59. The molecule has 1 saturated carbocycles. The fourth-order valence-electron chi connectivity index (χ4n) is 2.50. The third-order valence-corrected chi connectivity index (χ3v) is 3.47. The molecule has 0 saturated heterocycles. The molecule has 0 aromatic rings. The summed E-state index contributed by atoms with van der Waals surface area (Å²) < 4.78 is 0. The summed E-state index contributed by atoms with van der Waals surface area (Å²) in [5.74, 6) is -1.15. The van der Waals surface area contributed by atoms with Gasteiger partial charge in [0.2, 0.25) is 5.91 Å². The maximum absolute atomic E-state index is 11.9. The van der Waals surface area contributed by atoms with Crippen LogP contribution < -0.4 is 11.1 Å². The lowest BCUT2D eigenvalue weighted by atomic mass is 9.84. The van der Waals surface area contributed by atoms with Crippen molar-refractivity contribution >= 4 is 11.9 Å². The largest absolute Gasteiger partial charge is 0.481 e. The van der Waals surface area contributed by atoms with Gasteiger partial charge in [0.05, 0.1) is 12.0 Å². The summed E-state index contributed by atoms with van der Waals surface area (Å²) in [7, 11) is 0. The number of hydrogen-bond donors (Lipinski definition) is 3. The van der Waals surface area contributed by atoms with E-state index in [2.05, 4.69) is 5.32 Å². The first kappa shape index (κ1) is 15.0. The van der Waals surface area contributed by atoms with Crippen LogP contribution in [0.4, 0.5) is 0 Å². The molecule has 0 aromatic carbocycles. The van der Waals surface area contributed by atoms with Crippen LogP contribution in [0.1, 0.15) is 46.0 Å². The lowest BCUT2D eigenvalue weighted by Crippen LogP contribution is -2.50. The molecule has 0 spiro atoms. The van der Waals surface area contributed by atoms with Crippen LogP contribution in [0.5, 0.6) is 0 Å². The van der Waals surface area contributed by atoms with Gasteiger partial charge in [0, 0.05) is 6.04 Å². The number of rotatable bonds is 5. The van der Waals surface area contributed by atoms with Crippen LogP contribution >= 0.6 is 0 Å². The van der Waals surface area contributed by atoms with E-state index in [1.54, 1.807) is 0 Å². The number of carbonyl (C=O) groups excluding carboxylic acids is 1. The number of aliphatic carboxylic acids is 1. The Labute approximate surface area is 108 Å². The quantitative estimate of drug-likeness (QED) is 0.687. The Bertz CT molecular complexity index is 305. The van der Waals surface area contributed by atoms with Crippen LogP contribution in [0.15, 0.2) is 0 Å². The molecule has 4 N–H and O–H groups in total. The smallest absolute Gasteiger partial charge is 0.308 e. The van der Waals surface area contributed by atoms with E-state index in [1.165, 1.54) is 0 Å². The van der Waals surface area contributed by atoms with Crippen LogP contribution in [-0.2, 0) is 9.59 Å². The van der Waals surface area contributed by atoms with Crippen LogP contribution in [0.2, 0.25) is 0 Å². The van der Waals surface area contributed by atoms with Gasteiger partial charge in [-0.15, -0.1) is 0 Å². The zero-order valence-electron chi connectivity index (χ0n) is 11.2. The maximum atomic E-state index is 11.9. The first-order chi connectivity index (χ1) is 8.41. The Balaban J connectivity index is 2.53. The van der Waals surface area contributed by atoms with Gasteiger partial charge in [-0.25, -0.2) is 0 Å². The van der Waals surface area contributed by atoms with Gasteiger partial charge in [0.15, 0.2) is 0 Å². The van der Waals surface area contributed by atoms with Crippen molar-refractivity contribution in [3.63, 3.8) is 0 Å². The molecule has 1 aliphatic rings. The topological polar surface area (TPSA) is 92.4 Å². The minimum atomic E-state index is -0.822. The molecule has 5 heteroatoms. The maximum Gasteiger partial charge on any atom is 0.308 e. The molecule has 0 heterocycles. The number of nitrogens with two attached hydrogens (primary N) is 1. The second kappa shape index (κ2) is 6.73. The first-order valence-electron chi connectivity index (χ1n) is 6.70. The van der Waals surface area contributed by atoms with E-state index in [0.717, 1.165) is 19.3 Å². The predicted molar refractivity (Wildman–Crippen MR) is 69.0 cm³/mol. The van der Waals surface area contributed by atoms with Gasteiger partial charge in [-0.1, -0.05) is 26.7 Å². The van der Waals surface area contributed by atoms with Crippen LogP contribution in [0, 0.1) is 11.8 Å². The molecule has 3 atom stereocenters. The molecule has 1 rings (SSSR count). The Morgan fingerprint density at radius 1 is 1.33 bits per heavy atom. The standard InChI is InChI=1S/C13H24N2O3/c1-8(2)7-10(14)12(16)15-11-6-4-3-5-9(11)13(17)18/h8-11H,3-7,14H2,1-2H3,(H,15,16)(H,17,18)/t9?,10-,11?/m1/s1. The number of hydrogen-bond acceptors (Lipinski definition) is 3. The van der Waals surface area contributed by atoms with Crippen molar-refractivity contribution in [2.24, 2.45) is 17.6 Å². The lowest BCUT2D eigenvalue weighted by Gasteiger charge is -2.30. The molecular formula is C13H24N2O3. The Morgan fingerprint density at radius 3 is 2.50 bits per heavy atom. The summed E-state index contributed by atoms with van der Waals surface area (Å²) in [5, 5.41) is 11.9. The van der Waals surface area contributed by atoms with Gasteiger partial charge < -0.3 is 16.2 Å². The monoisotopic (exact) mass is 256 g/mol. The minimum absolute atomic E-state index is 0.221. The Hall–Kier alpha value is -1.10. The summed E-state index contributed by atoms with van der Waals surface area (Å²) in [6.07, 6.45) is 3.88.